The number of halogens is 3. The third-order valence-electron chi connectivity index (χ3n) is 3.73. The minimum atomic E-state index is -1.000. The number of aliphatic hydroxyl groups is 1. The first-order valence-electron chi connectivity index (χ1n) is 7.54. The monoisotopic (exact) mass is 337 g/mol. The van der Waals surface area contributed by atoms with Gasteiger partial charge in [-0.3, -0.25) is 4.79 Å². The van der Waals surface area contributed by atoms with Gasteiger partial charge in [-0.05, 0) is 42.7 Å². The summed E-state index contributed by atoms with van der Waals surface area (Å²) in [6.45, 7) is 1.61. The number of aliphatic hydroxyl groups excluding tert-OH is 1. The quantitative estimate of drug-likeness (QED) is 0.850. The van der Waals surface area contributed by atoms with E-state index in [1.165, 1.54) is 36.4 Å². The first-order valence-corrected chi connectivity index (χ1v) is 7.54. The van der Waals surface area contributed by atoms with Gasteiger partial charge in [-0.15, -0.1) is 0 Å². The number of carbonyl (C=O) groups excluding carboxylic acids is 1. The Bertz CT molecular complexity index is 704. The molecule has 0 saturated carbocycles. The largest absolute Gasteiger partial charge is 0.386 e. The van der Waals surface area contributed by atoms with E-state index < -0.39 is 35.5 Å². The molecule has 1 amide bonds. The van der Waals surface area contributed by atoms with Gasteiger partial charge in [-0.1, -0.05) is 24.3 Å². The molecule has 0 aliphatic carbocycles. The van der Waals surface area contributed by atoms with Gasteiger partial charge in [-0.25, -0.2) is 13.2 Å². The van der Waals surface area contributed by atoms with Crippen molar-refractivity contribution < 1.29 is 23.1 Å². The smallest absolute Gasteiger partial charge is 0.220 e. The van der Waals surface area contributed by atoms with E-state index in [0.717, 1.165) is 6.07 Å². The average molecular weight is 337 g/mol. The lowest BCUT2D eigenvalue weighted by atomic mass is 10.0. The molecule has 0 fully saturated rings. The van der Waals surface area contributed by atoms with E-state index in [4.69, 9.17) is 0 Å². The van der Waals surface area contributed by atoms with Crippen LogP contribution in [0.4, 0.5) is 13.2 Å². The standard InChI is InChI=1S/C18H18F3NO2/c1-11(18(24)13-5-8-14(19)9-6-13)22-16(23)10-7-12-3-2-4-15(20)17(12)21/h2-6,8-9,11,18,24H,7,10H2,1H3,(H,22,23). The molecule has 0 aliphatic heterocycles. The summed E-state index contributed by atoms with van der Waals surface area (Å²) in [4.78, 5) is 11.9. The molecule has 2 unspecified atom stereocenters. The molecule has 2 N–H and O–H groups in total. The molecule has 128 valence electrons. The Balaban J connectivity index is 1.89. The lowest BCUT2D eigenvalue weighted by Gasteiger charge is -2.20. The van der Waals surface area contributed by atoms with Crippen LogP contribution in [-0.2, 0) is 11.2 Å². The summed E-state index contributed by atoms with van der Waals surface area (Å²) in [5.41, 5.74) is 0.595. The summed E-state index contributed by atoms with van der Waals surface area (Å²) in [7, 11) is 0. The van der Waals surface area contributed by atoms with Gasteiger partial charge in [0.15, 0.2) is 11.6 Å². The summed E-state index contributed by atoms with van der Waals surface area (Å²) in [6, 6.07) is 8.52. The van der Waals surface area contributed by atoms with E-state index in [2.05, 4.69) is 5.32 Å². The van der Waals surface area contributed by atoms with E-state index in [-0.39, 0.29) is 18.4 Å². The zero-order valence-electron chi connectivity index (χ0n) is 13.1. The molecule has 0 radical (unpaired) electrons. The molecule has 6 heteroatoms. The molecule has 0 heterocycles. The molecule has 2 rings (SSSR count). The highest BCUT2D eigenvalue weighted by Gasteiger charge is 2.19. The van der Waals surface area contributed by atoms with Crippen molar-refractivity contribution in [1.82, 2.24) is 5.32 Å². The Labute approximate surface area is 138 Å². The number of carbonyl (C=O) groups is 1. The molecular weight excluding hydrogens is 319 g/mol. The lowest BCUT2D eigenvalue weighted by molar-refractivity contribution is -0.122. The predicted molar refractivity (Wildman–Crippen MR) is 83.6 cm³/mol. The van der Waals surface area contributed by atoms with Crippen LogP contribution in [0.15, 0.2) is 42.5 Å². The van der Waals surface area contributed by atoms with Crippen molar-refractivity contribution in [3.8, 4) is 0 Å². The second kappa shape index (κ2) is 7.97. The molecule has 0 saturated heterocycles. The number of rotatable bonds is 6. The van der Waals surface area contributed by atoms with Gasteiger partial charge in [0.1, 0.15) is 5.82 Å². The van der Waals surface area contributed by atoms with Crippen LogP contribution in [0.25, 0.3) is 0 Å². The van der Waals surface area contributed by atoms with E-state index in [9.17, 15) is 23.1 Å². The van der Waals surface area contributed by atoms with Gasteiger partial charge < -0.3 is 10.4 Å². The van der Waals surface area contributed by atoms with Gasteiger partial charge in [-0.2, -0.15) is 0 Å². The fourth-order valence-electron chi connectivity index (χ4n) is 2.34. The number of benzene rings is 2. The minimum absolute atomic E-state index is 0.0408. The molecule has 2 atom stereocenters. The van der Waals surface area contributed by atoms with Gasteiger partial charge in [0.2, 0.25) is 5.91 Å². The first-order chi connectivity index (χ1) is 11.4. The highest BCUT2D eigenvalue weighted by molar-refractivity contribution is 5.76. The number of amides is 1. The maximum Gasteiger partial charge on any atom is 0.220 e. The highest BCUT2D eigenvalue weighted by atomic mass is 19.2. The number of hydrogen-bond acceptors (Lipinski definition) is 2. The normalized spacial score (nSPS) is 13.4. The lowest BCUT2D eigenvalue weighted by Crippen LogP contribution is -2.37. The molecule has 0 bridgehead atoms. The van der Waals surface area contributed by atoms with Crippen molar-refractivity contribution in [1.29, 1.82) is 0 Å². The first kappa shape index (κ1) is 18.0. The Morgan fingerprint density at radius 3 is 2.46 bits per heavy atom. The molecule has 2 aromatic rings. The zero-order chi connectivity index (χ0) is 17.7. The molecule has 24 heavy (non-hydrogen) atoms. The summed E-state index contributed by atoms with van der Waals surface area (Å²) < 4.78 is 39.5. The minimum Gasteiger partial charge on any atom is -0.386 e. The van der Waals surface area contributed by atoms with Crippen molar-refractivity contribution in [3.05, 3.63) is 71.0 Å². The third-order valence-corrected chi connectivity index (χ3v) is 3.73. The summed E-state index contributed by atoms with van der Waals surface area (Å²) in [5, 5.41) is 12.7. The SMILES string of the molecule is CC(NC(=O)CCc1cccc(F)c1F)C(O)c1ccc(F)cc1. The van der Waals surface area contributed by atoms with Crippen molar-refractivity contribution in [2.45, 2.75) is 31.9 Å². The second-order valence-corrected chi connectivity index (χ2v) is 5.57. The fourth-order valence-corrected chi connectivity index (χ4v) is 2.34. The van der Waals surface area contributed by atoms with E-state index in [1.54, 1.807) is 6.92 Å². The molecular formula is C18H18F3NO2. The topological polar surface area (TPSA) is 49.3 Å². The van der Waals surface area contributed by atoms with Crippen molar-refractivity contribution in [2.75, 3.05) is 0 Å². The average Bonchev–Trinajstić information content (AvgIpc) is 2.56. The van der Waals surface area contributed by atoms with Crippen molar-refractivity contribution >= 4 is 5.91 Å². The van der Waals surface area contributed by atoms with Crippen LogP contribution in [0.2, 0.25) is 0 Å². The molecule has 3 nitrogen and oxygen atoms in total. The molecule has 2 aromatic carbocycles. The Morgan fingerprint density at radius 1 is 1.12 bits per heavy atom. The van der Waals surface area contributed by atoms with E-state index in [0.29, 0.717) is 5.56 Å². The van der Waals surface area contributed by atoms with Crippen LogP contribution >= 0.6 is 0 Å². The Morgan fingerprint density at radius 2 is 1.79 bits per heavy atom. The maximum atomic E-state index is 13.5. The van der Waals surface area contributed by atoms with Crippen LogP contribution < -0.4 is 5.32 Å². The Kier molecular flexibility index (Phi) is 5.98. The van der Waals surface area contributed by atoms with Gasteiger partial charge >= 0.3 is 0 Å². The molecule has 0 spiro atoms. The fraction of sp³-hybridized carbons (Fsp3) is 0.278. The summed E-state index contributed by atoms with van der Waals surface area (Å²) in [5.74, 6) is -2.72. The van der Waals surface area contributed by atoms with Crippen LogP contribution in [0.1, 0.15) is 30.6 Å². The third kappa shape index (κ3) is 4.58. The predicted octanol–water partition coefficient (Wildman–Crippen LogP) is 3.27. The van der Waals surface area contributed by atoms with Gasteiger partial charge in [0.25, 0.3) is 0 Å². The van der Waals surface area contributed by atoms with Crippen LogP contribution in [0.3, 0.4) is 0 Å². The molecule has 0 aliphatic rings. The highest BCUT2D eigenvalue weighted by Crippen LogP contribution is 2.18. The van der Waals surface area contributed by atoms with Gasteiger partial charge in [0, 0.05) is 6.42 Å². The zero-order valence-corrected chi connectivity index (χ0v) is 13.1. The Hall–Kier alpha value is -2.34. The van der Waals surface area contributed by atoms with Gasteiger partial charge in [0.05, 0.1) is 12.1 Å². The maximum absolute atomic E-state index is 13.5. The second-order valence-electron chi connectivity index (χ2n) is 5.57. The van der Waals surface area contributed by atoms with E-state index >= 15 is 0 Å². The molecule has 0 aromatic heterocycles. The number of hydrogen-bond donors (Lipinski definition) is 2. The summed E-state index contributed by atoms with van der Waals surface area (Å²) in [6.07, 6.45) is -0.990. The number of nitrogens with one attached hydrogen (secondary N) is 1. The van der Waals surface area contributed by atoms with Crippen LogP contribution in [-0.4, -0.2) is 17.1 Å². The van der Waals surface area contributed by atoms with Crippen LogP contribution in [0.5, 0.6) is 0 Å². The van der Waals surface area contributed by atoms with Crippen molar-refractivity contribution in [3.63, 3.8) is 0 Å². The van der Waals surface area contributed by atoms with Crippen LogP contribution in [0, 0.1) is 17.5 Å². The van der Waals surface area contributed by atoms with E-state index in [1.807, 2.05) is 0 Å². The van der Waals surface area contributed by atoms with Crippen molar-refractivity contribution in [2.24, 2.45) is 0 Å². The number of aryl methyl sites for hydroxylation is 1. The summed E-state index contributed by atoms with van der Waals surface area (Å²) >= 11 is 0.